The van der Waals surface area contributed by atoms with Crippen molar-refractivity contribution in [2.45, 2.75) is 9.79 Å². The van der Waals surface area contributed by atoms with Gasteiger partial charge in [-0.15, -0.1) is 0 Å². The topological polar surface area (TPSA) is 26.0 Å². The molecule has 0 radical (unpaired) electrons. The van der Waals surface area contributed by atoms with E-state index in [1.165, 1.54) is 17.8 Å². The van der Waals surface area contributed by atoms with E-state index in [0.29, 0.717) is 15.6 Å². The van der Waals surface area contributed by atoms with E-state index in [1.807, 2.05) is 0 Å². The Kier molecular flexibility index (Phi) is 3.36. The van der Waals surface area contributed by atoms with Crippen LogP contribution in [-0.2, 0) is 0 Å². The Bertz CT molecular complexity index is 516. The average Bonchev–Trinajstić information content (AvgIpc) is 2.25. The third kappa shape index (κ3) is 2.49. The van der Waals surface area contributed by atoms with Gasteiger partial charge >= 0.3 is 0 Å². The zero-order valence-electron chi connectivity index (χ0n) is 8.28. The van der Waals surface area contributed by atoms with Crippen LogP contribution in [0.25, 0.3) is 0 Å². The Morgan fingerprint density at radius 1 is 1.06 bits per heavy atom. The molecule has 0 bridgehead atoms. The smallest absolute Gasteiger partial charge is 0.137 e. The molecule has 0 aromatic heterocycles. The standard InChI is InChI=1S/C12H9ClFNS/c13-9-7-8(15)5-6-11(9)16-12-4-2-1-3-10(12)14/h1-7H,15H2. The first-order chi connectivity index (χ1) is 7.66. The van der Waals surface area contributed by atoms with Crippen LogP contribution < -0.4 is 5.73 Å². The molecule has 16 heavy (non-hydrogen) atoms. The van der Waals surface area contributed by atoms with Crippen LogP contribution in [0.4, 0.5) is 10.1 Å². The lowest BCUT2D eigenvalue weighted by Gasteiger charge is -2.05. The first kappa shape index (κ1) is 11.3. The molecule has 0 amide bonds. The van der Waals surface area contributed by atoms with Gasteiger partial charge in [-0.2, -0.15) is 0 Å². The van der Waals surface area contributed by atoms with E-state index in [4.69, 9.17) is 17.3 Å². The van der Waals surface area contributed by atoms with Gasteiger partial charge in [0.25, 0.3) is 0 Å². The number of hydrogen-bond donors (Lipinski definition) is 1. The van der Waals surface area contributed by atoms with Gasteiger partial charge in [0, 0.05) is 15.5 Å². The van der Waals surface area contributed by atoms with E-state index < -0.39 is 0 Å². The van der Waals surface area contributed by atoms with Crippen molar-refractivity contribution in [2.24, 2.45) is 0 Å². The van der Waals surface area contributed by atoms with E-state index in [-0.39, 0.29) is 5.82 Å². The lowest BCUT2D eigenvalue weighted by atomic mass is 10.3. The average molecular weight is 254 g/mol. The molecule has 0 spiro atoms. The minimum Gasteiger partial charge on any atom is -0.399 e. The van der Waals surface area contributed by atoms with E-state index in [9.17, 15) is 4.39 Å². The molecule has 4 heteroatoms. The molecule has 2 aromatic rings. The summed E-state index contributed by atoms with van der Waals surface area (Å²) < 4.78 is 13.4. The normalized spacial score (nSPS) is 10.4. The predicted molar refractivity (Wildman–Crippen MR) is 66.4 cm³/mol. The van der Waals surface area contributed by atoms with E-state index >= 15 is 0 Å². The fourth-order valence-electron chi connectivity index (χ4n) is 1.25. The summed E-state index contributed by atoms with van der Waals surface area (Å²) in [5, 5.41) is 0.535. The summed E-state index contributed by atoms with van der Waals surface area (Å²) in [5.74, 6) is -0.250. The number of benzene rings is 2. The van der Waals surface area contributed by atoms with Gasteiger partial charge in [-0.3, -0.25) is 0 Å². The van der Waals surface area contributed by atoms with Crippen molar-refractivity contribution in [1.82, 2.24) is 0 Å². The van der Waals surface area contributed by atoms with Crippen molar-refractivity contribution in [3.63, 3.8) is 0 Å². The van der Waals surface area contributed by atoms with Gasteiger partial charge in [-0.1, -0.05) is 35.5 Å². The van der Waals surface area contributed by atoms with E-state index in [1.54, 1.807) is 36.4 Å². The maximum atomic E-state index is 13.4. The highest BCUT2D eigenvalue weighted by Gasteiger charge is 2.06. The second kappa shape index (κ2) is 4.76. The highest BCUT2D eigenvalue weighted by molar-refractivity contribution is 7.99. The lowest BCUT2D eigenvalue weighted by molar-refractivity contribution is 0.602. The molecule has 2 rings (SSSR count). The third-order valence-corrected chi connectivity index (χ3v) is 3.56. The van der Waals surface area contributed by atoms with Gasteiger partial charge in [0.1, 0.15) is 5.82 Å². The SMILES string of the molecule is Nc1ccc(Sc2ccccc2F)c(Cl)c1. The zero-order valence-corrected chi connectivity index (χ0v) is 9.86. The Hall–Kier alpha value is -1.19. The minimum atomic E-state index is -0.250. The number of nitrogens with two attached hydrogens (primary N) is 1. The molecule has 0 heterocycles. The largest absolute Gasteiger partial charge is 0.399 e. The first-order valence-corrected chi connectivity index (χ1v) is 5.83. The first-order valence-electron chi connectivity index (χ1n) is 4.64. The number of hydrogen-bond acceptors (Lipinski definition) is 2. The second-order valence-electron chi connectivity index (χ2n) is 3.22. The lowest BCUT2D eigenvalue weighted by Crippen LogP contribution is -1.85. The van der Waals surface area contributed by atoms with Crippen molar-refractivity contribution < 1.29 is 4.39 Å². The molecule has 0 saturated carbocycles. The molecular weight excluding hydrogens is 245 g/mol. The monoisotopic (exact) mass is 253 g/mol. The van der Waals surface area contributed by atoms with Crippen LogP contribution in [0.15, 0.2) is 52.3 Å². The fraction of sp³-hybridized carbons (Fsp3) is 0. The minimum absolute atomic E-state index is 0.250. The molecule has 2 aromatic carbocycles. The van der Waals surface area contributed by atoms with Crippen LogP contribution in [0.2, 0.25) is 5.02 Å². The summed E-state index contributed by atoms with van der Waals surface area (Å²) in [6.07, 6.45) is 0. The van der Waals surface area contributed by atoms with Crippen LogP contribution in [0.1, 0.15) is 0 Å². The number of halogens is 2. The van der Waals surface area contributed by atoms with Gasteiger partial charge in [0.15, 0.2) is 0 Å². The summed E-state index contributed by atoms with van der Waals surface area (Å²) in [6, 6.07) is 11.8. The number of nitrogen functional groups attached to an aromatic ring is 1. The van der Waals surface area contributed by atoms with E-state index in [0.717, 1.165) is 4.90 Å². The predicted octanol–water partition coefficient (Wildman–Crippen LogP) is 4.21. The van der Waals surface area contributed by atoms with E-state index in [2.05, 4.69) is 0 Å². The molecule has 0 fully saturated rings. The van der Waals surface area contributed by atoms with Gasteiger partial charge in [-0.25, -0.2) is 4.39 Å². The van der Waals surface area contributed by atoms with Gasteiger partial charge in [-0.05, 0) is 30.3 Å². The molecule has 2 N–H and O–H groups in total. The highest BCUT2D eigenvalue weighted by Crippen LogP contribution is 2.35. The molecule has 0 atom stereocenters. The Morgan fingerprint density at radius 3 is 2.50 bits per heavy atom. The number of rotatable bonds is 2. The van der Waals surface area contributed by atoms with Crippen molar-refractivity contribution in [2.75, 3.05) is 5.73 Å². The molecular formula is C12H9ClFNS. The Morgan fingerprint density at radius 2 is 1.81 bits per heavy atom. The molecule has 0 saturated heterocycles. The summed E-state index contributed by atoms with van der Waals surface area (Å²) >= 11 is 7.30. The maximum absolute atomic E-state index is 13.4. The third-order valence-electron chi connectivity index (χ3n) is 2.01. The van der Waals surface area contributed by atoms with Crippen LogP contribution in [0.5, 0.6) is 0 Å². The Balaban J connectivity index is 2.31. The molecule has 0 aliphatic heterocycles. The van der Waals surface area contributed by atoms with Crippen molar-refractivity contribution in [3.05, 3.63) is 53.3 Å². The van der Waals surface area contributed by atoms with Crippen LogP contribution in [-0.4, -0.2) is 0 Å². The van der Waals surface area contributed by atoms with Crippen molar-refractivity contribution >= 4 is 29.1 Å². The van der Waals surface area contributed by atoms with Gasteiger partial charge in [0.2, 0.25) is 0 Å². The summed E-state index contributed by atoms with van der Waals surface area (Å²) in [6.45, 7) is 0. The molecule has 0 aliphatic carbocycles. The molecule has 0 aliphatic rings. The highest BCUT2D eigenvalue weighted by atomic mass is 35.5. The Labute approximate surface area is 102 Å². The second-order valence-corrected chi connectivity index (χ2v) is 4.71. The van der Waals surface area contributed by atoms with Crippen molar-refractivity contribution in [3.8, 4) is 0 Å². The van der Waals surface area contributed by atoms with Crippen molar-refractivity contribution in [1.29, 1.82) is 0 Å². The summed E-state index contributed by atoms with van der Waals surface area (Å²) in [7, 11) is 0. The zero-order chi connectivity index (χ0) is 11.5. The number of anilines is 1. The van der Waals surface area contributed by atoms with Crippen LogP contribution >= 0.6 is 23.4 Å². The quantitative estimate of drug-likeness (QED) is 0.812. The van der Waals surface area contributed by atoms with Gasteiger partial charge < -0.3 is 5.73 Å². The molecule has 1 nitrogen and oxygen atoms in total. The fourth-order valence-corrected chi connectivity index (χ4v) is 2.39. The summed E-state index contributed by atoms with van der Waals surface area (Å²) in [4.78, 5) is 1.34. The van der Waals surface area contributed by atoms with Gasteiger partial charge in [0.05, 0.1) is 5.02 Å². The summed E-state index contributed by atoms with van der Waals surface area (Å²) in [5.41, 5.74) is 6.18. The molecule has 82 valence electrons. The molecule has 0 unspecified atom stereocenters. The maximum Gasteiger partial charge on any atom is 0.137 e. The van der Waals surface area contributed by atoms with Crippen LogP contribution in [0, 0.1) is 5.82 Å². The van der Waals surface area contributed by atoms with Crippen LogP contribution in [0.3, 0.4) is 0 Å².